The number of hydrazone groups is 1. The summed E-state index contributed by atoms with van der Waals surface area (Å²) in [5, 5.41) is 13.9. The summed E-state index contributed by atoms with van der Waals surface area (Å²) in [5.41, 5.74) is 5.02. The standard InChI is InChI=1S/C24H20ClN5O2S/c1-32-20-13-11-17(12-14-20)23-28-29-24(30(23)19-8-3-2-4-9-19)33-16-22(31)27-26-15-18-7-5-6-10-21(18)25/h2-15H,16H2,1H3,(H,27,31). The fourth-order valence-corrected chi connectivity index (χ4v) is 3.95. The molecular formula is C24H20ClN5O2S. The number of hydrogen-bond acceptors (Lipinski definition) is 6. The second-order valence-electron chi connectivity index (χ2n) is 6.81. The Labute approximate surface area is 200 Å². The highest BCUT2D eigenvalue weighted by atomic mass is 35.5. The highest BCUT2D eigenvalue weighted by Crippen LogP contribution is 2.28. The van der Waals surface area contributed by atoms with Crippen molar-refractivity contribution in [3.63, 3.8) is 0 Å². The first-order valence-electron chi connectivity index (χ1n) is 10.00. The summed E-state index contributed by atoms with van der Waals surface area (Å²) in [4.78, 5) is 12.3. The van der Waals surface area contributed by atoms with Crippen molar-refractivity contribution in [1.29, 1.82) is 0 Å². The van der Waals surface area contributed by atoms with Crippen molar-refractivity contribution < 1.29 is 9.53 Å². The predicted octanol–water partition coefficient (Wildman–Crippen LogP) is 4.84. The molecule has 33 heavy (non-hydrogen) atoms. The van der Waals surface area contributed by atoms with Crippen LogP contribution in [0.15, 0.2) is 89.1 Å². The van der Waals surface area contributed by atoms with E-state index in [9.17, 15) is 4.79 Å². The van der Waals surface area contributed by atoms with E-state index in [1.54, 1.807) is 13.2 Å². The fourth-order valence-electron chi connectivity index (χ4n) is 3.02. The number of amides is 1. The molecule has 1 aromatic heterocycles. The summed E-state index contributed by atoms with van der Waals surface area (Å²) in [5.74, 6) is 1.28. The quantitative estimate of drug-likeness (QED) is 0.223. The second kappa shape index (κ2) is 10.8. The Bertz CT molecular complexity index is 1260. The van der Waals surface area contributed by atoms with Crippen LogP contribution in [0.1, 0.15) is 5.56 Å². The van der Waals surface area contributed by atoms with E-state index in [4.69, 9.17) is 16.3 Å². The van der Waals surface area contributed by atoms with Crippen LogP contribution in [-0.4, -0.2) is 39.7 Å². The number of hydrogen-bond donors (Lipinski definition) is 1. The van der Waals surface area contributed by atoms with Gasteiger partial charge in [-0.15, -0.1) is 10.2 Å². The van der Waals surface area contributed by atoms with Crippen molar-refractivity contribution in [3.05, 3.63) is 89.4 Å². The van der Waals surface area contributed by atoms with E-state index in [2.05, 4.69) is 20.7 Å². The Morgan fingerprint density at radius 2 is 1.79 bits per heavy atom. The molecule has 0 saturated heterocycles. The summed E-state index contributed by atoms with van der Waals surface area (Å²) in [6.45, 7) is 0. The molecule has 1 N–H and O–H groups in total. The molecule has 4 rings (SSSR count). The predicted molar refractivity (Wildman–Crippen MR) is 131 cm³/mol. The zero-order chi connectivity index (χ0) is 23.0. The Hall–Kier alpha value is -3.62. The summed E-state index contributed by atoms with van der Waals surface area (Å²) in [6.07, 6.45) is 1.51. The van der Waals surface area contributed by atoms with E-state index in [1.165, 1.54) is 18.0 Å². The number of thioether (sulfide) groups is 1. The van der Waals surface area contributed by atoms with Gasteiger partial charge in [0.1, 0.15) is 5.75 Å². The third-order valence-corrected chi connectivity index (χ3v) is 5.90. The Morgan fingerprint density at radius 1 is 1.06 bits per heavy atom. The van der Waals surface area contributed by atoms with Gasteiger partial charge < -0.3 is 4.74 Å². The zero-order valence-electron chi connectivity index (χ0n) is 17.7. The number of para-hydroxylation sites is 1. The maximum Gasteiger partial charge on any atom is 0.250 e. The summed E-state index contributed by atoms with van der Waals surface area (Å²) in [6, 6.07) is 24.6. The molecule has 0 aliphatic heterocycles. The van der Waals surface area contributed by atoms with Gasteiger partial charge in [0.15, 0.2) is 11.0 Å². The third-order valence-electron chi connectivity index (χ3n) is 4.63. The van der Waals surface area contributed by atoms with Gasteiger partial charge in [0.25, 0.3) is 5.91 Å². The molecule has 7 nitrogen and oxygen atoms in total. The summed E-state index contributed by atoms with van der Waals surface area (Å²) < 4.78 is 7.17. The van der Waals surface area contributed by atoms with Gasteiger partial charge in [0.2, 0.25) is 0 Å². The van der Waals surface area contributed by atoms with Crippen LogP contribution in [0, 0.1) is 0 Å². The number of nitrogens with one attached hydrogen (secondary N) is 1. The van der Waals surface area contributed by atoms with Crippen LogP contribution < -0.4 is 10.2 Å². The lowest BCUT2D eigenvalue weighted by atomic mass is 10.2. The number of halogens is 1. The number of aromatic nitrogens is 3. The molecule has 3 aromatic carbocycles. The van der Waals surface area contributed by atoms with E-state index in [0.717, 1.165) is 22.6 Å². The van der Waals surface area contributed by atoms with Crippen molar-refractivity contribution in [1.82, 2.24) is 20.2 Å². The molecule has 0 aliphatic rings. The molecule has 166 valence electrons. The maximum absolute atomic E-state index is 12.3. The van der Waals surface area contributed by atoms with E-state index >= 15 is 0 Å². The molecule has 4 aromatic rings. The van der Waals surface area contributed by atoms with Gasteiger partial charge in [-0.25, -0.2) is 5.43 Å². The number of rotatable bonds is 8. The number of methoxy groups -OCH3 is 1. The maximum atomic E-state index is 12.3. The number of carbonyl (C=O) groups excluding carboxylic acids is 1. The smallest absolute Gasteiger partial charge is 0.250 e. The number of ether oxygens (including phenoxy) is 1. The van der Waals surface area contributed by atoms with E-state index in [0.29, 0.717) is 16.0 Å². The van der Waals surface area contributed by atoms with Gasteiger partial charge in [-0.05, 0) is 42.5 Å². The summed E-state index contributed by atoms with van der Waals surface area (Å²) in [7, 11) is 1.62. The second-order valence-corrected chi connectivity index (χ2v) is 8.16. The minimum atomic E-state index is -0.267. The van der Waals surface area contributed by atoms with Crippen molar-refractivity contribution in [2.45, 2.75) is 5.16 Å². The van der Waals surface area contributed by atoms with Gasteiger partial charge in [0.05, 0.1) is 19.1 Å². The van der Waals surface area contributed by atoms with Crippen molar-refractivity contribution >= 4 is 35.5 Å². The number of benzene rings is 3. The lowest BCUT2D eigenvalue weighted by Gasteiger charge is -2.10. The average molecular weight is 478 g/mol. The van der Waals surface area contributed by atoms with Gasteiger partial charge in [-0.1, -0.05) is 59.8 Å². The molecular weight excluding hydrogens is 458 g/mol. The Kier molecular flexibility index (Phi) is 7.39. The molecule has 0 atom stereocenters. The minimum absolute atomic E-state index is 0.118. The van der Waals surface area contributed by atoms with Crippen molar-refractivity contribution in [2.24, 2.45) is 5.10 Å². The van der Waals surface area contributed by atoms with Gasteiger partial charge in [-0.2, -0.15) is 5.10 Å². The first-order chi connectivity index (χ1) is 16.2. The molecule has 9 heteroatoms. The first-order valence-corrected chi connectivity index (χ1v) is 11.4. The van der Waals surface area contributed by atoms with Crippen molar-refractivity contribution in [2.75, 3.05) is 12.9 Å². The van der Waals surface area contributed by atoms with Crippen LogP contribution >= 0.6 is 23.4 Å². The lowest BCUT2D eigenvalue weighted by Crippen LogP contribution is -2.20. The molecule has 0 fully saturated rings. The molecule has 0 unspecified atom stereocenters. The largest absolute Gasteiger partial charge is 0.497 e. The van der Waals surface area contributed by atoms with Gasteiger partial charge in [0, 0.05) is 21.8 Å². The molecule has 0 saturated carbocycles. The van der Waals surface area contributed by atoms with Crippen LogP contribution in [0.2, 0.25) is 5.02 Å². The van der Waals surface area contributed by atoms with Crippen LogP contribution in [0.25, 0.3) is 17.1 Å². The number of carbonyl (C=O) groups is 1. The highest BCUT2D eigenvalue weighted by molar-refractivity contribution is 7.99. The molecule has 0 spiro atoms. The normalized spacial score (nSPS) is 11.0. The van der Waals surface area contributed by atoms with Crippen LogP contribution in [0.3, 0.4) is 0 Å². The van der Waals surface area contributed by atoms with Crippen LogP contribution in [0.5, 0.6) is 5.75 Å². The molecule has 1 amide bonds. The fraction of sp³-hybridized carbons (Fsp3) is 0.0833. The van der Waals surface area contributed by atoms with E-state index < -0.39 is 0 Å². The van der Waals surface area contributed by atoms with Crippen LogP contribution in [0.4, 0.5) is 0 Å². The number of nitrogens with zero attached hydrogens (tertiary/aromatic N) is 4. The zero-order valence-corrected chi connectivity index (χ0v) is 19.3. The molecule has 0 bridgehead atoms. The third kappa shape index (κ3) is 5.60. The van der Waals surface area contributed by atoms with Gasteiger partial charge >= 0.3 is 0 Å². The Morgan fingerprint density at radius 3 is 2.52 bits per heavy atom. The molecule has 1 heterocycles. The highest BCUT2D eigenvalue weighted by Gasteiger charge is 2.17. The Balaban J connectivity index is 1.51. The van der Waals surface area contributed by atoms with Crippen molar-refractivity contribution in [3.8, 4) is 22.8 Å². The van der Waals surface area contributed by atoms with E-state index in [-0.39, 0.29) is 11.7 Å². The first kappa shape index (κ1) is 22.6. The SMILES string of the molecule is COc1ccc(-c2nnc(SCC(=O)NN=Cc3ccccc3Cl)n2-c2ccccc2)cc1. The topological polar surface area (TPSA) is 81.4 Å². The summed E-state index contributed by atoms with van der Waals surface area (Å²) >= 11 is 7.37. The van der Waals surface area contributed by atoms with Gasteiger partial charge in [-0.3, -0.25) is 9.36 Å². The average Bonchev–Trinajstić information content (AvgIpc) is 3.28. The monoisotopic (exact) mass is 477 g/mol. The van der Waals surface area contributed by atoms with Crippen LogP contribution in [-0.2, 0) is 4.79 Å². The molecule has 0 aliphatic carbocycles. The minimum Gasteiger partial charge on any atom is -0.497 e. The molecule has 0 radical (unpaired) electrons. The van der Waals surface area contributed by atoms with E-state index in [1.807, 2.05) is 77.4 Å². The lowest BCUT2D eigenvalue weighted by molar-refractivity contribution is -0.118.